The first-order valence-corrected chi connectivity index (χ1v) is 10.2. The molecule has 0 radical (unpaired) electrons. The highest BCUT2D eigenvalue weighted by atomic mass is 35.5. The molecule has 0 bridgehead atoms. The van der Waals surface area contributed by atoms with Crippen molar-refractivity contribution in [2.75, 3.05) is 18.4 Å². The van der Waals surface area contributed by atoms with Crippen molar-refractivity contribution in [2.24, 2.45) is 7.05 Å². The molecule has 9 nitrogen and oxygen atoms in total. The normalized spacial score (nSPS) is 14.7. The van der Waals surface area contributed by atoms with E-state index in [0.29, 0.717) is 24.7 Å². The lowest BCUT2D eigenvalue weighted by Gasteiger charge is -2.19. The highest BCUT2D eigenvalue weighted by Gasteiger charge is 2.21. The Morgan fingerprint density at radius 2 is 1.93 bits per heavy atom. The quantitative estimate of drug-likeness (QED) is 0.641. The summed E-state index contributed by atoms with van der Waals surface area (Å²) in [5, 5.41) is 15.3. The molecule has 0 atom stereocenters. The van der Waals surface area contributed by atoms with E-state index in [2.05, 4.69) is 30.8 Å². The molecule has 0 aliphatic carbocycles. The number of aryl methyl sites for hydroxylation is 4. The van der Waals surface area contributed by atoms with Crippen LogP contribution in [0.25, 0.3) is 5.65 Å². The molecule has 4 heterocycles. The molecule has 1 aliphatic heterocycles. The number of nitrogens with one attached hydrogen (secondary N) is 2. The van der Waals surface area contributed by atoms with Crippen LogP contribution in [-0.4, -0.2) is 48.4 Å². The molecule has 1 aliphatic rings. The average Bonchev–Trinajstić information content (AvgIpc) is 3.24. The van der Waals surface area contributed by atoms with E-state index in [0.717, 1.165) is 60.0 Å². The summed E-state index contributed by atoms with van der Waals surface area (Å²) in [6, 6.07) is 1.96. The molecule has 1 fully saturated rings. The molecule has 2 N–H and O–H groups in total. The van der Waals surface area contributed by atoms with Gasteiger partial charge >= 0.3 is 0 Å². The highest BCUT2D eigenvalue weighted by molar-refractivity contribution is 5.89. The van der Waals surface area contributed by atoms with Crippen LogP contribution in [0.2, 0.25) is 0 Å². The lowest BCUT2D eigenvalue weighted by molar-refractivity contribution is -0.116. The molecule has 3 aromatic heterocycles. The molecule has 1 saturated heterocycles. The zero-order valence-electron chi connectivity index (χ0n) is 17.9. The number of nitrogens with zero attached hydrogens (tertiary/aromatic N) is 6. The second-order valence-corrected chi connectivity index (χ2v) is 7.81. The fourth-order valence-electron chi connectivity index (χ4n) is 3.99. The zero-order valence-corrected chi connectivity index (χ0v) is 18.7. The summed E-state index contributed by atoms with van der Waals surface area (Å²) in [4.78, 5) is 21.8. The van der Waals surface area contributed by atoms with E-state index in [1.54, 1.807) is 4.68 Å². The van der Waals surface area contributed by atoms with E-state index in [9.17, 15) is 4.79 Å². The summed E-state index contributed by atoms with van der Waals surface area (Å²) in [7, 11) is 1.82. The van der Waals surface area contributed by atoms with E-state index in [1.807, 2.05) is 38.4 Å². The molecule has 162 valence electrons. The molecule has 4 rings (SSSR count). The largest absolute Gasteiger partial charge is 0.317 e. The molecular weight excluding hydrogens is 404 g/mol. The van der Waals surface area contributed by atoms with Crippen LogP contribution in [-0.2, 0) is 18.3 Å². The van der Waals surface area contributed by atoms with Crippen LogP contribution in [0.3, 0.4) is 0 Å². The number of hydrogen-bond acceptors (Lipinski definition) is 6. The third-order valence-electron chi connectivity index (χ3n) is 5.62. The van der Waals surface area contributed by atoms with Crippen molar-refractivity contribution in [1.29, 1.82) is 0 Å². The predicted octanol–water partition coefficient (Wildman–Crippen LogP) is 2.24. The lowest BCUT2D eigenvalue weighted by Crippen LogP contribution is -2.27. The van der Waals surface area contributed by atoms with Crippen LogP contribution in [0, 0.1) is 20.8 Å². The summed E-state index contributed by atoms with van der Waals surface area (Å²) in [6.45, 7) is 7.93. The van der Waals surface area contributed by atoms with Gasteiger partial charge in [-0.2, -0.15) is 15.2 Å². The van der Waals surface area contributed by atoms with E-state index < -0.39 is 0 Å². The maximum absolute atomic E-state index is 12.6. The Hall–Kier alpha value is -2.52. The Kier molecular flexibility index (Phi) is 6.72. The molecule has 3 aromatic rings. The number of halogens is 1. The van der Waals surface area contributed by atoms with E-state index >= 15 is 0 Å². The first-order valence-electron chi connectivity index (χ1n) is 10.2. The number of amides is 1. The maximum Gasteiger partial charge on any atom is 0.227 e. The number of aromatic nitrogens is 6. The topological polar surface area (TPSA) is 102 Å². The van der Waals surface area contributed by atoms with Crippen LogP contribution in [0.5, 0.6) is 0 Å². The number of rotatable bonds is 5. The second kappa shape index (κ2) is 9.09. The summed E-state index contributed by atoms with van der Waals surface area (Å²) < 4.78 is 3.51. The van der Waals surface area contributed by atoms with Crippen LogP contribution >= 0.6 is 12.4 Å². The number of hydrogen-bond donors (Lipinski definition) is 2. The molecule has 1 amide bonds. The minimum absolute atomic E-state index is 0. The molecule has 0 saturated carbocycles. The van der Waals surface area contributed by atoms with Crippen molar-refractivity contribution in [2.45, 2.75) is 52.4 Å². The van der Waals surface area contributed by atoms with Crippen LogP contribution in [0.4, 0.5) is 5.95 Å². The van der Waals surface area contributed by atoms with Gasteiger partial charge in [-0.1, -0.05) is 0 Å². The van der Waals surface area contributed by atoms with Crippen LogP contribution < -0.4 is 10.6 Å². The highest BCUT2D eigenvalue weighted by Crippen LogP contribution is 2.23. The Bertz CT molecular complexity index is 1050. The summed E-state index contributed by atoms with van der Waals surface area (Å²) >= 11 is 0. The Balaban J connectivity index is 0.00000256. The zero-order chi connectivity index (χ0) is 20.5. The van der Waals surface area contributed by atoms with Gasteiger partial charge < -0.3 is 5.32 Å². The molecular formula is C20H29ClN8O. The van der Waals surface area contributed by atoms with Crippen molar-refractivity contribution < 1.29 is 4.79 Å². The van der Waals surface area contributed by atoms with Crippen molar-refractivity contribution >= 4 is 29.9 Å². The third-order valence-corrected chi connectivity index (χ3v) is 5.62. The van der Waals surface area contributed by atoms with Crippen molar-refractivity contribution in [3.05, 3.63) is 34.5 Å². The van der Waals surface area contributed by atoms with Gasteiger partial charge in [-0.15, -0.1) is 12.4 Å². The number of fused-ring (bicyclic) bond motifs is 1. The van der Waals surface area contributed by atoms with Gasteiger partial charge in [-0.25, -0.2) is 14.2 Å². The summed E-state index contributed by atoms with van der Waals surface area (Å²) in [5.74, 6) is 1.61. The standard InChI is InChI=1S/C20H28N8O.ClH/c1-12-11-17-22-13(2)16(14(3)28(17)25-12)5-6-18(29)23-20-24-19(26-27(20)4)15-7-9-21-10-8-15;/h11,15,21H,5-10H2,1-4H3,(H,23,24,26,29);1H. The fraction of sp³-hybridized carbons (Fsp3) is 0.550. The van der Waals surface area contributed by atoms with Gasteiger partial charge in [0.25, 0.3) is 0 Å². The average molecular weight is 433 g/mol. The van der Waals surface area contributed by atoms with Gasteiger partial charge in [-0.3, -0.25) is 10.1 Å². The number of carbonyl (C=O) groups is 1. The first-order chi connectivity index (χ1) is 13.9. The van der Waals surface area contributed by atoms with E-state index in [1.165, 1.54) is 0 Å². The number of piperidine rings is 1. The van der Waals surface area contributed by atoms with Gasteiger partial charge in [0.05, 0.1) is 5.69 Å². The molecule has 0 aromatic carbocycles. The van der Waals surface area contributed by atoms with Crippen molar-refractivity contribution in [3.63, 3.8) is 0 Å². The Morgan fingerprint density at radius 1 is 1.20 bits per heavy atom. The fourth-order valence-corrected chi connectivity index (χ4v) is 3.99. The molecule has 30 heavy (non-hydrogen) atoms. The molecule has 0 spiro atoms. The molecule has 0 unspecified atom stereocenters. The first kappa shape index (κ1) is 22.2. The lowest BCUT2D eigenvalue weighted by atomic mass is 9.98. The summed E-state index contributed by atoms with van der Waals surface area (Å²) in [6.07, 6.45) is 3.01. The van der Waals surface area contributed by atoms with Gasteiger partial charge in [0.1, 0.15) is 0 Å². The van der Waals surface area contributed by atoms with Crippen molar-refractivity contribution in [1.82, 2.24) is 34.7 Å². The van der Waals surface area contributed by atoms with Gasteiger partial charge in [0.2, 0.25) is 11.9 Å². The minimum Gasteiger partial charge on any atom is -0.317 e. The second-order valence-electron chi connectivity index (χ2n) is 7.81. The molecule has 10 heteroatoms. The van der Waals surface area contributed by atoms with Gasteiger partial charge in [0.15, 0.2) is 11.5 Å². The Labute approximate surface area is 182 Å². The third kappa shape index (κ3) is 4.46. The SMILES string of the molecule is Cc1cc2nc(C)c(CCC(=O)Nc3nc(C4CCNCC4)nn3C)c(C)n2n1.Cl. The monoisotopic (exact) mass is 432 g/mol. The van der Waals surface area contributed by atoms with Crippen molar-refractivity contribution in [3.8, 4) is 0 Å². The predicted molar refractivity (Wildman–Crippen MR) is 117 cm³/mol. The van der Waals surface area contributed by atoms with E-state index in [4.69, 9.17) is 0 Å². The van der Waals surface area contributed by atoms with Crippen LogP contribution in [0.15, 0.2) is 6.07 Å². The van der Waals surface area contributed by atoms with E-state index in [-0.39, 0.29) is 18.3 Å². The van der Waals surface area contributed by atoms with Gasteiger partial charge in [0, 0.05) is 36.8 Å². The van der Waals surface area contributed by atoms with Gasteiger partial charge in [-0.05, 0) is 58.7 Å². The summed E-state index contributed by atoms with van der Waals surface area (Å²) in [5.41, 5.74) is 4.80. The smallest absolute Gasteiger partial charge is 0.227 e. The maximum atomic E-state index is 12.6. The minimum atomic E-state index is -0.0760. The number of anilines is 1. The van der Waals surface area contributed by atoms with Crippen LogP contribution in [0.1, 0.15) is 53.7 Å². The number of carbonyl (C=O) groups excluding carboxylic acids is 1. The Morgan fingerprint density at radius 3 is 2.67 bits per heavy atom.